The van der Waals surface area contributed by atoms with Crippen LogP contribution in [-0.4, -0.2) is 49.2 Å². The van der Waals surface area contributed by atoms with Crippen LogP contribution in [0.5, 0.6) is 0 Å². The third-order valence-electron chi connectivity index (χ3n) is 3.73. The number of amides is 2. The van der Waals surface area contributed by atoms with Crippen molar-refractivity contribution in [2.45, 2.75) is 32.4 Å². The van der Waals surface area contributed by atoms with E-state index in [4.69, 9.17) is 9.47 Å². The third kappa shape index (κ3) is 5.90. The summed E-state index contributed by atoms with van der Waals surface area (Å²) in [5, 5.41) is 2.95. The van der Waals surface area contributed by atoms with Gasteiger partial charge >= 0.3 is 6.09 Å². The summed E-state index contributed by atoms with van der Waals surface area (Å²) in [5.74, 6) is -0.115. The molecule has 1 heterocycles. The third-order valence-corrected chi connectivity index (χ3v) is 3.73. The molecule has 2 rings (SSSR count). The average molecular weight is 320 g/mol. The summed E-state index contributed by atoms with van der Waals surface area (Å²) in [6.07, 6.45) is 1.20. The molecule has 1 aliphatic heterocycles. The second kappa shape index (κ2) is 9.15. The number of piperidine rings is 1. The predicted octanol–water partition coefficient (Wildman–Crippen LogP) is 1.94. The lowest BCUT2D eigenvalue weighted by atomic mass is 10.1. The van der Waals surface area contributed by atoms with E-state index in [-0.39, 0.29) is 24.6 Å². The monoisotopic (exact) mass is 320 g/mol. The molecule has 0 atom stereocenters. The lowest BCUT2D eigenvalue weighted by Gasteiger charge is -2.31. The maximum Gasteiger partial charge on any atom is 0.409 e. The standard InChI is InChI=1S/C17H24N2O4/c1-2-23-17(21)19-10-8-15(9-11-19)18-16(20)13-22-12-14-6-4-3-5-7-14/h3-7,15H,2,8-13H2,1H3,(H,18,20). The lowest BCUT2D eigenvalue weighted by Crippen LogP contribution is -2.47. The summed E-state index contributed by atoms with van der Waals surface area (Å²) in [6.45, 7) is 3.86. The van der Waals surface area contributed by atoms with Crippen LogP contribution in [0.15, 0.2) is 30.3 Å². The maximum absolute atomic E-state index is 11.9. The van der Waals surface area contributed by atoms with E-state index in [1.807, 2.05) is 30.3 Å². The molecule has 1 N–H and O–H groups in total. The Morgan fingerprint density at radius 3 is 2.57 bits per heavy atom. The minimum atomic E-state index is -0.275. The summed E-state index contributed by atoms with van der Waals surface area (Å²) in [6, 6.07) is 9.84. The normalized spacial score (nSPS) is 15.3. The fourth-order valence-corrected chi connectivity index (χ4v) is 2.53. The number of carbonyl (C=O) groups excluding carboxylic acids is 2. The van der Waals surface area contributed by atoms with Gasteiger partial charge in [0, 0.05) is 19.1 Å². The molecule has 0 saturated carbocycles. The van der Waals surface area contributed by atoms with Crippen LogP contribution >= 0.6 is 0 Å². The minimum absolute atomic E-state index is 0.0486. The van der Waals surface area contributed by atoms with Gasteiger partial charge < -0.3 is 19.7 Å². The zero-order valence-corrected chi connectivity index (χ0v) is 13.5. The lowest BCUT2D eigenvalue weighted by molar-refractivity contribution is -0.127. The van der Waals surface area contributed by atoms with E-state index in [1.54, 1.807) is 11.8 Å². The largest absolute Gasteiger partial charge is 0.450 e. The summed E-state index contributed by atoms with van der Waals surface area (Å²) >= 11 is 0. The Kier molecular flexibility index (Phi) is 6.87. The first kappa shape index (κ1) is 17.3. The molecule has 6 heteroatoms. The molecule has 1 aromatic carbocycles. The first-order chi connectivity index (χ1) is 11.2. The van der Waals surface area contributed by atoms with Crippen molar-refractivity contribution < 1.29 is 19.1 Å². The number of hydrogen-bond acceptors (Lipinski definition) is 4. The van der Waals surface area contributed by atoms with Gasteiger partial charge in [0.25, 0.3) is 0 Å². The Bertz CT molecular complexity index is 499. The highest BCUT2D eigenvalue weighted by Crippen LogP contribution is 2.11. The molecular weight excluding hydrogens is 296 g/mol. The van der Waals surface area contributed by atoms with Crippen LogP contribution in [0.2, 0.25) is 0 Å². The van der Waals surface area contributed by atoms with Crippen molar-refractivity contribution in [2.75, 3.05) is 26.3 Å². The molecule has 0 aliphatic carbocycles. The van der Waals surface area contributed by atoms with E-state index >= 15 is 0 Å². The molecule has 6 nitrogen and oxygen atoms in total. The predicted molar refractivity (Wildman–Crippen MR) is 85.9 cm³/mol. The van der Waals surface area contributed by atoms with E-state index in [1.165, 1.54) is 0 Å². The van der Waals surface area contributed by atoms with Gasteiger partial charge in [0.2, 0.25) is 5.91 Å². The molecule has 0 aromatic heterocycles. The fourth-order valence-electron chi connectivity index (χ4n) is 2.53. The summed E-state index contributed by atoms with van der Waals surface area (Å²) < 4.78 is 10.4. The van der Waals surface area contributed by atoms with Crippen LogP contribution in [0.1, 0.15) is 25.3 Å². The number of nitrogens with one attached hydrogen (secondary N) is 1. The first-order valence-electron chi connectivity index (χ1n) is 8.01. The van der Waals surface area contributed by atoms with Gasteiger partial charge in [0.1, 0.15) is 6.61 Å². The maximum atomic E-state index is 11.9. The summed E-state index contributed by atoms with van der Waals surface area (Å²) in [5.41, 5.74) is 1.04. The van der Waals surface area contributed by atoms with Gasteiger partial charge in [0.15, 0.2) is 0 Å². The number of carbonyl (C=O) groups is 2. The molecule has 2 amide bonds. The van der Waals surface area contributed by atoms with E-state index in [2.05, 4.69) is 5.32 Å². The van der Waals surface area contributed by atoms with Gasteiger partial charge in [-0.2, -0.15) is 0 Å². The molecule has 1 fully saturated rings. The van der Waals surface area contributed by atoms with Crippen LogP contribution < -0.4 is 5.32 Å². The Morgan fingerprint density at radius 1 is 1.22 bits per heavy atom. The molecule has 1 saturated heterocycles. The Morgan fingerprint density at radius 2 is 1.91 bits per heavy atom. The number of nitrogens with zero attached hydrogens (tertiary/aromatic N) is 1. The molecule has 1 aromatic rings. The van der Waals surface area contributed by atoms with Gasteiger partial charge in [-0.15, -0.1) is 0 Å². The highest BCUT2D eigenvalue weighted by atomic mass is 16.6. The SMILES string of the molecule is CCOC(=O)N1CCC(NC(=O)COCc2ccccc2)CC1. The zero-order chi connectivity index (χ0) is 16.5. The number of likely N-dealkylation sites (tertiary alicyclic amines) is 1. The second-order valence-corrected chi connectivity index (χ2v) is 5.51. The van der Waals surface area contributed by atoms with Crippen molar-refractivity contribution in [3.8, 4) is 0 Å². The zero-order valence-electron chi connectivity index (χ0n) is 13.5. The van der Waals surface area contributed by atoms with E-state index in [0.717, 1.165) is 18.4 Å². The first-order valence-corrected chi connectivity index (χ1v) is 8.01. The number of rotatable bonds is 6. The smallest absolute Gasteiger partial charge is 0.409 e. The molecule has 0 radical (unpaired) electrons. The topological polar surface area (TPSA) is 67.9 Å². The van der Waals surface area contributed by atoms with Crippen LogP contribution in [0.3, 0.4) is 0 Å². The van der Waals surface area contributed by atoms with Crippen LogP contribution in [0, 0.1) is 0 Å². The fraction of sp³-hybridized carbons (Fsp3) is 0.529. The van der Waals surface area contributed by atoms with Crippen LogP contribution in [0.4, 0.5) is 4.79 Å². The van der Waals surface area contributed by atoms with Crippen molar-refractivity contribution >= 4 is 12.0 Å². The van der Waals surface area contributed by atoms with Gasteiger partial charge in [-0.3, -0.25) is 4.79 Å². The van der Waals surface area contributed by atoms with Crippen molar-refractivity contribution in [3.63, 3.8) is 0 Å². The summed E-state index contributed by atoms with van der Waals surface area (Å²) in [4.78, 5) is 25.2. The van der Waals surface area contributed by atoms with Crippen molar-refractivity contribution in [1.82, 2.24) is 10.2 Å². The molecule has 23 heavy (non-hydrogen) atoms. The molecule has 1 aliphatic rings. The molecule has 0 unspecified atom stereocenters. The Hall–Kier alpha value is -2.08. The van der Waals surface area contributed by atoms with E-state index in [0.29, 0.717) is 26.3 Å². The molecular formula is C17H24N2O4. The second-order valence-electron chi connectivity index (χ2n) is 5.51. The van der Waals surface area contributed by atoms with E-state index in [9.17, 15) is 9.59 Å². The molecule has 126 valence electrons. The highest BCUT2D eigenvalue weighted by molar-refractivity contribution is 5.77. The molecule has 0 spiro atoms. The van der Waals surface area contributed by atoms with Crippen molar-refractivity contribution in [1.29, 1.82) is 0 Å². The van der Waals surface area contributed by atoms with Crippen LogP contribution in [0.25, 0.3) is 0 Å². The van der Waals surface area contributed by atoms with Gasteiger partial charge in [0.05, 0.1) is 13.2 Å². The quantitative estimate of drug-likeness (QED) is 0.870. The van der Waals surface area contributed by atoms with Gasteiger partial charge in [-0.1, -0.05) is 30.3 Å². The van der Waals surface area contributed by atoms with Gasteiger partial charge in [-0.05, 0) is 25.3 Å². The summed E-state index contributed by atoms with van der Waals surface area (Å²) in [7, 11) is 0. The Balaban J connectivity index is 1.62. The number of benzene rings is 1. The number of ether oxygens (including phenoxy) is 2. The minimum Gasteiger partial charge on any atom is -0.450 e. The van der Waals surface area contributed by atoms with Crippen LogP contribution in [-0.2, 0) is 20.9 Å². The highest BCUT2D eigenvalue weighted by Gasteiger charge is 2.24. The Labute approximate surface area is 136 Å². The molecule has 0 bridgehead atoms. The average Bonchev–Trinajstić information content (AvgIpc) is 2.57. The number of hydrogen-bond donors (Lipinski definition) is 1. The van der Waals surface area contributed by atoms with Crippen molar-refractivity contribution in [3.05, 3.63) is 35.9 Å². The van der Waals surface area contributed by atoms with E-state index < -0.39 is 0 Å². The van der Waals surface area contributed by atoms with Gasteiger partial charge in [-0.25, -0.2) is 4.79 Å². The van der Waals surface area contributed by atoms with Crippen molar-refractivity contribution in [2.24, 2.45) is 0 Å².